The number of nitro groups is 1. The van der Waals surface area contributed by atoms with Crippen LogP contribution in [-0.4, -0.2) is 19.7 Å². The van der Waals surface area contributed by atoms with E-state index in [1.807, 2.05) is 0 Å². The molecule has 0 radical (unpaired) electrons. The molecule has 0 fully saturated rings. The van der Waals surface area contributed by atoms with E-state index >= 15 is 0 Å². The summed E-state index contributed by atoms with van der Waals surface area (Å²) in [7, 11) is 0. The van der Waals surface area contributed by atoms with Crippen LogP contribution in [-0.2, 0) is 6.54 Å². The lowest BCUT2D eigenvalue weighted by atomic mass is 10.3. The standard InChI is InChI=1S/C10H9ClN4O3S/c1-2-14-9(16)12-13-10(14)19-7-5-3-4-6(11)8(7)15(17)18/h3-5H,2H2,1H3,(H,12,16). The average molecular weight is 301 g/mol. The third-order valence-corrected chi connectivity index (χ3v) is 3.72. The van der Waals surface area contributed by atoms with Crippen molar-refractivity contribution < 1.29 is 4.92 Å². The Morgan fingerprint density at radius 3 is 2.95 bits per heavy atom. The minimum absolute atomic E-state index is 0.0518. The molecule has 0 atom stereocenters. The number of H-pyrrole nitrogens is 1. The van der Waals surface area contributed by atoms with Crippen molar-refractivity contribution in [3.8, 4) is 0 Å². The molecule has 0 aliphatic carbocycles. The first-order valence-corrected chi connectivity index (χ1v) is 6.50. The summed E-state index contributed by atoms with van der Waals surface area (Å²) in [4.78, 5) is 22.2. The van der Waals surface area contributed by atoms with Crippen molar-refractivity contribution in [2.75, 3.05) is 0 Å². The summed E-state index contributed by atoms with van der Waals surface area (Å²) in [6, 6.07) is 4.62. The lowest BCUT2D eigenvalue weighted by molar-refractivity contribution is -0.387. The highest BCUT2D eigenvalue weighted by Gasteiger charge is 2.21. The zero-order valence-electron chi connectivity index (χ0n) is 9.79. The van der Waals surface area contributed by atoms with Crippen LogP contribution < -0.4 is 5.69 Å². The number of benzene rings is 1. The Balaban J connectivity index is 2.47. The van der Waals surface area contributed by atoms with Crippen LogP contribution in [0.25, 0.3) is 0 Å². The Morgan fingerprint density at radius 1 is 1.58 bits per heavy atom. The van der Waals surface area contributed by atoms with Gasteiger partial charge >= 0.3 is 11.4 Å². The summed E-state index contributed by atoms with van der Waals surface area (Å²) < 4.78 is 1.38. The number of hydrogen-bond acceptors (Lipinski definition) is 5. The number of nitrogens with zero attached hydrogens (tertiary/aromatic N) is 3. The van der Waals surface area contributed by atoms with Crippen LogP contribution in [0.15, 0.2) is 33.0 Å². The zero-order valence-corrected chi connectivity index (χ0v) is 11.4. The van der Waals surface area contributed by atoms with Crippen LogP contribution in [0.2, 0.25) is 5.02 Å². The summed E-state index contributed by atoms with van der Waals surface area (Å²) in [5.41, 5.74) is -0.540. The number of aromatic nitrogens is 3. The summed E-state index contributed by atoms with van der Waals surface area (Å²) in [6.07, 6.45) is 0. The molecule has 0 amide bonds. The highest BCUT2D eigenvalue weighted by molar-refractivity contribution is 7.99. The molecular weight excluding hydrogens is 292 g/mol. The molecule has 0 aliphatic rings. The molecule has 0 saturated carbocycles. The number of aromatic amines is 1. The van der Waals surface area contributed by atoms with E-state index in [1.54, 1.807) is 19.1 Å². The maximum absolute atomic E-state index is 11.4. The maximum Gasteiger partial charge on any atom is 0.343 e. The van der Waals surface area contributed by atoms with Gasteiger partial charge in [0.15, 0.2) is 5.16 Å². The van der Waals surface area contributed by atoms with Crippen LogP contribution in [0.4, 0.5) is 5.69 Å². The van der Waals surface area contributed by atoms with Gasteiger partial charge in [-0.05, 0) is 30.8 Å². The van der Waals surface area contributed by atoms with E-state index in [0.29, 0.717) is 16.6 Å². The molecule has 7 nitrogen and oxygen atoms in total. The highest BCUT2D eigenvalue weighted by atomic mass is 35.5. The first kappa shape index (κ1) is 13.6. The number of nitrogens with one attached hydrogen (secondary N) is 1. The second-order valence-corrected chi connectivity index (χ2v) is 4.92. The van der Waals surface area contributed by atoms with Gasteiger partial charge in [0.1, 0.15) is 5.02 Å². The molecule has 1 aromatic heterocycles. The number of hydrogen-bond donors (Lipinski definition) is 1. The molecule has 9 heteroatoms. The van der Waals surface area contributed by atoms with Crippen molar-refractivity contribution in [1.29, 1.82) is 0 Å². The summed E-state index contributed by atoms with van der Waals surface area (Å²) in [6.45, 7) is 2.21. The lowest BCUT2D eigenvalue weighted by Gasteiger charge is -2.04. The maximum atomic E-state index is 11.4. The Bertz CT molecular complexity index is 682. The van der Waals surface area contributed by atoms with Crippen LogP contribution in [0.3, 0.4) is 0 Å². The van der Waals surface area contributed by atoms with Crippen LogP contribution in [0.1, 0.15) is 6.92 Å². The molecule has 0 spiro atoms. The number of halogens is 1. The topological polar surface area (TPSA) is 93.8 Å². The van der Waals surface area contributed by atoms with E-state index in [1.165, 1.54) is 10.6 Å². The van der Waals surface area contributed by atoms with Crippen LogP contribution >= 0.6 is 23.4 Å². The molecule has 2 aromatic rings. The van der Waals surface area contributed by atoms with E-state index in [-0.39, 0.29) is 16.4 Å². The predicted molar refractivity (Wildman–Crippen MR) is 70.8 cm³/mol. The van der Waals surface area contributed by atoms with E-state index in [2.05, 4.69) is 10.2 Å². The Kier molecular flexibility index (Phi) is 3.91. The third kappa shape index (κ3) is 2.64. The van der Waals surface area contributed by atoms with Gasteiger partial charge in [-0.1, -0.05) is 17.7 Å². The predicted octanol–water partition coefficient (Wildman–Crippen LogP) is 2.30. The van der Waals surface area contributed by atoms with Gasteiger partial charge in [0, 0.05) is 6.54 Å². The largest absolute Gasteiger partial charge is 0.343 e. The summed E-state index contributed by atoms with van der Waals surface area (Å²) >= 11 is 6.84. The Hall–Kier alpha value is -1.80. The molecule has 0 aliphatic heterocycles. The minimum atomic E-state index is -0.550. The molecule has 2 rings (SSSR count). The van der Waals surface area contributed by atoms with Gasteiger partial charge in [-0.3, -0.25) is 14.7 Å². The molecule has 0 saturated heterocycles. The van der Waals surface area contributed by atoms with E-state index in [9.17, 15) is 14.9 Å². The minimum Gasteiger partial charge on any atom is -0.270 e. The van der Waals surface area contributed by atoms with Gasteiger partial charge in [-0.2, -0.15) is 0 Å². The first-order valence-electron chi connectivity index (χ1n) is 5.30. The van der Waals surface area contributed by atoms with Crippen LogP contribution in [0, 0.1) is 10.1 Å². The number of rotatable bonds is 4. The van der Waals surface area contributed by atoms with Crippen molar-refractivity contribution in [2.45, 2.75) is 23.5 Å². The van der Waals surface area contributed by atoms with Gasteiger partial charge in [0.2, 0.25) is 0 Å². The summed E-state index contributed by atoms with van der Waals surface area (Å²) in [5.74, 6) is 0. The highest BCUT2D eigenvalue weighted by Crippen LogP contribution is 2.37. The van der Waals surface area contributed by atoms with E-state index in [0.717, 1.165) is 11.8 Å². The SMILES string of the molecule is CCn1c(Sc2cccc(Cl)c2[N+](=O)[O-])n[nH]c1=O. The molecule has 0 unspecified atom stereocenters. The number of para-hydroxylation sites is 1. The Morgan fingerprint density at radius 2 is 2.32 bits per heavy atom. The fourth-order valence-electron chi connectivity index (χ4n) is 1.51. The third-order valence-electron chi connectivity index (χ3n) is 2.37. The monoisotopic (exact) mass is 300 g/mol. The summed E-state index contributed by atoms with van der Waals surface area (Å²) in [5, 5.41) is 17.6. The molecule has 100 valence electrons. The second kappa shape index (κ2) is 5.45. The lowest BCUT2D eigenvalue weighted by Crippen LogP contribution is -2.16. The first-order chi connectivity index (χ1) is 9.04. The average Bonchev–Trinajstić information content (AvgIpc) is 2.69. The molecule has 0 bridgehead atoms. The number of nitro benzene ring substituents is 1. The van der Waals surface area contributed by atoms with E-state index < -0.39 is 4.92 Å². The molecule has 1 aromatic carbocycles. The molecular formula is C10H9ClN4O3S. The smallest absolute Gasteiger partial charge is 0.270 e. The fourth-order valence-corrected chi connectivity index (χ4v) is 2.85. The van der Waals surface area contributed by atoms with Crippen molar-refractivity contribution in [3.63, 3.8) is 0 Å². The second-order valence-electron chi connectivity index (χ2n) is 3.50. The van der Waals surface area contributed by atoms with E-state index in [4.69, 9.17) is 11.6 Å². The van der Waals surface area contributed by atoms with Crippen LogP contribution in [0.5, 0.6) is 0 Å². The van der Waals surface area contributed by atoms with Gasteiger partial charge in [-0.25, -0.2) is 9.89 Å². The molecule has 1 N–H and O–H groups in total. The van der Waals surface area contributed by atoms with Crippen molar-refractivity contribution in [3.05, 3.63) is 43.8 Å². The van der Waals surface area contributed by atoms with Crippen molar-refractivity contribution >= 4 is 29.1 Å². The zero-order chi connectivity index (χ0) is 14.0. The normalized spacial score (nSPS) is 10.6. The molecule has 19 heavy (non-hydrogen) atoms. The van der Waals surface area contributed by atoms with Gasteiger partial charge in [0.25, 0.3) is 0 Å². The van der Waals surface area contributed by atoms with Gasteiger partial charge in [0.05, 0.1) is 9.82 Å². The quantitative estimate of drug-likeness (QED) is 0.690. The molecule has 1 heterocycles. The van der Waals surface area contributed by atoms with Gasteiger partial charge < -0.3 is 0 Å². The van der Waals surface area contributed by atoms with Crippen molar-refractivity contribution in [2.24, 2.45) is 0 Å². The fraction of sp³-hybridized carbons (Fsp3) is 0.200. The Labute approximate surface area is 116 Å². The van der Waals surface area contributed by atoms with Crippen molar-refractivity contribution in [1.82, 2.24) is 14.8 Å². The van der Waals surface area contributed by atoms with Gasteiger partial charge in [-0.15, -0.1) is 5.10 Å².